The molecule has 1 aliphatic carbocycles. The zero-order valence-electron chi connectivity index (χ0n) is 12.3. The average Bonchev–Trinajstić information content (AvgIpc) is 2.36. The molecule has 19 heavy (non-hydrogen) atoms. The minimum atomic E-state index is -0.114. The summed E-state index contributed by atoms with van der Waals surface area (Å²) < 4.78 is 0. The van der Waals surface area contributed by atoms with E-state index in [0.29, 0.717) is 12.5 Å². The number of amides is 2. The van der Waals surface area contributed by atoms with E-state index in [1.54, 1.807) is 7.05 Å². The van der Waals surface area contributed by atoms with Gasteiger partial charge in [-0.1, -0.05) is 26.7 Å². The molecular weight excluding hydrogens is 242 g/mol. The smallest absolute Gasteiger partial charge is 0.239 e. The Kier molecular flexibility index (Phi) is 6.28. The fourth-order valence-electron chi connectivity index (χ4n) is 2.42. The predicted octanol–water partition coefficient (Wildman–Crippen LogP) is 0.735. The van der Waals surface area contributed by atoms with Crippen LogP contribution in [0.5, 0.6) is 0 Å². The first-order valence-electron chi connectivity index (χ1n) is 7.19. The lowest BCUT2D eigenvalue weighted by Crippen LogP contribution is -2.47. The maximum atomic E-state index is 12.2. The van der Waals surface area contributed by atoms with Crippen molar-refractivity contribution in [3.05, 3.63) is 0 Å². The number of hydrogen-bond donors (Lipinski definition) is 2. The van der Waals surface area contributed by atoms with Gasteiger partial charge >= 0.3 is 0 Å². The molecule has 5 heteroatoms. The number of nitrogens with two attached hydrogens (primary N) is 1. The van der Waals surface area contributed by atoms with Crippen molar-refractivity contribution in [1.82, 2.24) is 10.2 Å². The second kappa shape index (κ2) is 7.48. The van der Waals surface area contributed by atoms with Crippen LogP contribution >= 0.6 is 0 Å². The highest BCUT2D eigenvalue weighted by atomic mass is 16.2. The van der Waals surface area contributed by atoms with Crippen LogP contribution in [0.1, 0.15) is 39.5 Å². The molecule has 1 rings (SSSR count). The van der Waals surface area contributed by atoms with E-state index in [1.807, 2.05) is 13.8 Å². The van der Waals surface area contributed by atoms with E-state index in [2.05, 4.69) is 5.32 Å². The Labute approximate surface area is 115 Å². The van der Waals surface area contributed by atoms with Crippen molar-refractivity contribution in [2.24, 2.45) is 17.6 Å². The molecule has 0 bridgehead atoms. The lowest BCUT2D eigenvalue weighted by molar-refractivity contribution is -0.139. The van der Waals surface area contributed by atoms with Gasteiger partial charge in [0.05, 0.1) is 12.5 Å². The normalized spacial score (nSPS) is 23.2. The molecule has 110 valence electrons. The van der Waals surface area contributed by atoms with Crippen molar-refractivity contribution in [2.45, 2.75) is 45.6 Å². The Morgan fingerprint density at radius 2 is 1.95 bits per heavy atom. The van der Waals surface area contributed by atoms with Gasteiger partial charge in [-0.3, -0.25) is 9.59 Å². The molecule has 0 heterocycles. The Morgan fingerprint density at radius 3 is 2.53 bits per heavy atom. The minimum Gasteiger partial charge on any atom is -0.354 e. The third kappa shape index (κ3) is 5.19. The number of hydrogen-bond acceptors (Lipinski definition) is 3. The highest BCUT2D eigenvalue weighted by molar-refractivity contribution is 5.86. The number of carbonyl (C=O) groups excluding carboxylic acids is 2. The van der Waals surface area contributed by atoms with Crippen molar-refractivity contribution in [1.29, 1.82) is 0 Å². The molecule has 0 saturated heterocycles. The Bertz CT molecular complexity index is 318. The molecule has 5 nitrogen and oxygen atoms in total. The summed E-state index contributed by atoms with van der Waals surface area (Å²) in [4.78, 5) is 25.4. The molecule has 0 spiro atoms. The van der Waals surface area contributed by atoms with E-state index in [-0.39, 0.29) is 30.3 Å². The highest BCUT2D eigenvalue weighted by Gasteiger charge is 2.30. The lowest BCUT2D eigenvalue weighted by Gasteiger charge is -2.30. The van der Waals surface area contributed by atoms with Gasteiger partial charge in [0.25, 0.3) is 0 Å². The molecule has 2 atom stereocenters. The van der Waals surface area contributed by atoms with Crippen molar-refractivity contribution in [3.63, 3.8) is 0 Å². The summed E-state index contributed by atoms with van der Waals surface area (Å²) >= 11 is 0. The van der Waals surface area contributed by atoms with E-state index in [9.17, 15) is 9.59 Å². The highest BCUT2D eigenvalue weighted by Crippen LogP contribution is 2.24. The summed E-state index contributed by atoms with van der Waals surface area (Å²) in [5.74, 6) is 0.203. The number of nitrogens with zero attached hydrogens (tertiary/aromatic N) is 1. The molecular formula is C14H27N3O2. The van der Waals surface area contributed by atoms with Gasteiger partial charge in [0.2, 0.25) is 11.8 Å². The van der Waals surface area contributed by atoms with Gasteiger partial charge in [0.1, 0.15) is 0 Å². The largest absolute Gasteiger partial charge is 0.354 e. The third-order valence-electron chi connectivity index (χ3n) is 3.60. The zero-order valence-corrected chi connectivity index (χ0v) is 12.3. The van der Waals surface area contributed by atoms with Crippen molar-refractivity contribution >= 4 is 11.8 Å². The fourth-order valence-corrected chi connectivity index (χ4v) is 2.42. The lowest BCUT2D eigenvalue weighted by atomic mass is 9.84. The first-order chi connectivity index (χ1) is 8.91. The Morgan fingerprint density at radius 1 is 1.32 bits per heavy atom. The number of likely N-dealkylation sites (N-methyl/N-ethyl adjacent to an activating group) is 1. The average molecular weight is 269 g/mol. The molecule has 3 N–H and O–H groups in total. The van der Waals surface area contributed by atoms with Crippen LogP contribution in [0.3, 0.4) is 0 Å². The summed E-state index contributed by atoms with van der Waals surface area (Å²) in [6.45, 7) is 4.84. The van der Waals surface area contributed by atoms with Crippen LogP contribution < -0.4 is 11.1 Å². The molecule has 1 saturated carbocycles. The number of carbonyl (C=O) groups is 2. The zero-order chi connectivity index (χ0) is 14.4. The Hall–Kier alpha value is -1.10. The molecule has 0 aromatic rings. The third-order valence-corrected chi connectivity index (χ3v) is 3.60. The maximum Gasteiger partial charge on any atom is 0.239 e. The van der Waals surface area contributed by atoms with Crippen molar-refractivity contribution in [2.75, 3.05) is 20.1 Å². The van der Waals surface area contributed by atoms with Gasteiger partial charge in [-0.25, -0.2) is 0 Å². The van der Waals surface area contributed by atoms with Crippen LogP contribution in [0.2, 0.25) is 0 Å². The van der Waals surface area contributed by atoms with Crippen molar-refractivity contribution in [3.8, 4) is 0 Å². The fraction of sp³-hybridized carbons (Fsp3) is 0.857. The summed E-state index contributed by atoms with van der Waals surface area (Å²) in [7, 11) is 1.68. The van der Waals surface area contributed by atoms with Gasteiger partial charge in [-0.15, -0.1) is 0 Å². The standard InChI is InChI=1S/C14H27N3O2/c1-10(2)8-16-13(18)9-17(3)14(19)11-6-4-5-7-12(11)15/h10-12H,4-9,15H2,1-3H3,(H,16,18). The van der Waals surface area contributed by atoms with Gasteiger partial charge in [0, 0.05) is 19.6 Å². The predicted molar refractivity (Wildman–Crippen MR) is 75.4 cm³/mol. The van der Waals surface area contributed by atoms with Crippen LogP contribution in [0.15, 0.2) is 0 Å². The monoisotopic (exact) mass is 269 g/mol. The minimum absolute atomic E-state index is 0.00639. The van der Waals surface area contributed by atoms with Crippen LogP contribution in [0.4, 0.5) is 0 Å². The Balaban J connectivity index is 2.41. The van der Waals surface area contributed by atoms with Gasteiger partial charge in [0.15, 0.2) is 0 Å². The molecule has 2 amide bonds. The van der Waals surface area contributed by atoms with Crippen LogP contribution in [0.25, 0.3) is 0 Å². The topological polar surface area (TPSA) is 75.4 Å². The molecule has 0 aliphatic heterocycles. The summed E-state index contributed by atoms with van der Waals surface area (Å²) in [5, 5.41) is 2.82. The summed E-state index contributed by atoms with van der Waals surface area (Å²) in [6, 6.07) is -0.0533. The van der Waals surface area contributed by atoms with Gasteiger partial charge < -0.3 is 16.0 Å². The van der Waals surface area contributed by atoms with E-state index >= 15 is 0 Å². The quantitative estimate of drug-likeness (QED) is 0.773. The first kappa shape index (κ1) is 16.0. The molecule has 1 fully saturated rings. The van der Waals surface area contributed by atoms with Crippen molar-refractivity contribution < 1.29 is 9.59 Å². The summed E-state index contributed by atoms with van der Waals surface area (Å²) in [6.07, 6.45) is 3.91. The van der Waals surface area contributed by atoms with Gasteiger partial charge in [-0.05, 0) is 18.8 Å². The summed E-state index contributed by atoms with van der Waals surface area (Å²) in [5.41, 5.74) is 6.00. The van der Waals surface area contributed by atoms with Crippen LogP contribution in [-0.2, 0) is 9.59 Å². The SMILES string of the molecule is CC(C)CNC(=O)CN(C)C(=O)C1CCCCC1N. The number of nitrogens with one attached hydrogen (secondary N) is 1. The van der Waals surface area contributed by atoms with Gasteiger partial charge in [-0.2, -0.15) is 0 Å². The molecule has 0 aromatic heterocycles. The molecule has 0 radical (unpaired) electrons. The molecule has 2 unspecified atom stereocenters. The first-order valence-corrected chi connectivity index (χ1v) is 7.19. The second-order valence-electron chi connectivity index (χ2n) is 5.95. The van der Waals surface area contributed by atoms with Crippen LogP contribution in [-0.4, -0.2) is 42.9 Å². The second-order valence-corrected chi connectivity index (χ2v) is 5.95. The van der Waals surface area contributed by atoms with E-state index < -0.39 is 0 Å². The van der Waals surface area contributed by atoms with E-state index in [4.69, 9.17) is 5.73 Å². The van der Waals surface area contributed by atoms with Crippen LogP contribution in [0, 0.1) is 11.8 Å². The number of rotatable bonds is 5. The molecule has 1 aliphatic rings. The molecule has 0 aromatic carbocycles. The van der Waals surface area contributed by atoms with E-state index in [0.717, 1.165) is 25.7 Å². The maximum absolute atomic E-state index is 12.2. The van der Waals surface area contributed by atoms with E-state index in [1.165, 1.54) is 4.90 Å².